The first-order chi connectivity index (χ1) is 9.97. The second-order valence-corrected chi connectivity index (χ2v) is 7.49. The lowest BCUT2D eigenvalue weighted by molar-refractivity contribution is 0.391. The van der Waals surface area contributed by atoms with Crippen LogP contribution in [0.2, 0.25) is 0 Å². The summed E-state index contributed by atoms with van der Waals surface area (Å²) >= 11 is 0. The Balaban J connectivity index is 1.93. The van der Waals surface area contributed by atoms with Gasteiger partial charge in [-0.3, -0.25) is 0 Å². The highest BCUT2D eigenvalue weighted by Crippen LogP contribution is 2.17. The number of hydrogen-bond donors (Lipinski definition) is 2. The molecule has 0 bridgehead atoms. The Bertz CT molecular complexity index is 575. The highest BCUT2D eigenvalue weighted by atomic mass is 32.2. The molecular weight excluding hydrogens is 288 g/mol. The molecular formula is C15H24N2O3S. The molecule has 118 valence electrons. The average molecular weight is 312 g/mol. The molecule has 1 aromatic heterocycles. The van der Waals surface area contributed by atoms with E-state index in [9.17, 15) is 8.42 Å². The molecule has 1 atom stereocenters. The van der Waals surface area contributed by atoms with Gasteiger partial charge in [-0.25, -0.2) is 13.1 Å². The van der Waals surface area contributed by atoms with Crippen LogP contribution in [0.5, 0.6) is 0 Å². The van der Waals surface area contributed by atoms with Gasteiger partial charge >= 0.3 is 0 Å². The van der Waals surface area contributed by atoms with Crippen molar-refractivity contribution in [1.82, 2.24) is 10.0 Å². The third-order valence-corrected chi connectivity index (χ3v) is 4.74. The molecule has 6 heteroatoms. The van der Waals surface area contributed by atoms with Crippen molar-refractivity contribution in [3.8, 4) is 0 Å². The van der Waals surface area contributed by atoms with E-state index in [0.29, 0.717) is 18.2 Å². The Hall–Kier alpha value is -1.11. The number of sulfonamides is 1. The van der Waals surface area contributed by atoms with Crippen LogP contribution in [0, 0.1) is 5.92 Å². The Kier molecular flexibility index (Phi) is 5.61. The molecule has 0 amide bonds. The maximum absolute atomic E-state index is 12.2. The largest absolute Gasteiger partial charge is 0.447 e. The maximum Gasteiger partial charge on any atom is 0.274 e. The SMILES string of the molecule is CC(C)CNCc1ccc(S(=O)(=O)NC2CC=CCC2)o1. The van der Waals surface area contributed by atoms with Gasteiger partial charge in [-0.2, -0.15) is 0 Å². The van der Waals surface area contributed by atoms with E-state index >= 15 is 0 Å². The molecule has 0 fully saturated rings. The second-order valence-electron chi connectivity index (χ2n) is 5.85. The van der Waals surface area contributed by atoms with Crippen LogP contribution in [0.1, 0.15) is 38.9 Å². The van der Waals surface area contributed by atoms with E-state index in [1.807, 2.05) is 6.08 Å². The molecule has 0 radical (unpaired) electrons. The summed E-state index contributed by atoms with van der Waals surface area (Å²) in [6.45, 7) is 5.65. The summed E-state index contributed by atoms with van der Waals surface area (Å²) in [5, 5.41) is 3.23. The fourth-order valence-corrected chi connectivity index (χ4v) is 3.49. The summed E-state index contributed by atoms with van der Waals surface area (Å²) in [7, 11) is -3.56. The fourth-order valence-electron chi connectivity index (χ4n) is 2.26. The lowest BCUT2D eigenvalue weighted by Crippen LogP contribution is -2.35. The van der Waals surface area contributed by atoms with E-state index in [1.54, 1.807) is 6.07 Å². The third kappa shape index (κ3) is 4.98. The third-order valence-electron chi connectivity index (χ3n) is 3.34. The van der Waals surface area contributed by atoms with Crippen molar-refractivity contribution in [2.75, 3.05) is 6.54 Å². The summed E-state index contributed by atoms with van der Waals surface area (Å²) in [6, 6.07) is 3.20. The first-order valence-electron chi connectivity index (χ1n) is 7.44. The Morgan fingerprint density at radius 3 is 2.81 bits per heavy atom. The number of furan rings is 1. The van der Waals surface area contributed by atoms with Crippen molar-refractivity contribution in [3.05, 3.63) is 30.0 Å². The second kappa shape index (κ2) is 7.24. The summed E-state index contributed by atoms with van der Waals surface area (Å²) < 4.78 is 32.6. The summed E-state index contributed by atoms with van der Waals surface area (Å²) in [5.41, 5.74) is 0. The quantitative estimate of drug-likeness (QED) is 0.759. The number of rotatable bonds is 7. The van der Waals surface area contributed by atoms with Crippen LogP contribution < -0.4 is 10.0 Å². The lowest BCUT2D eigenvalue weighted by Gasteiger charge is -2.18. The molecule has 0 aliphatic heterocycles. The molecule has 1 aromatic rings. The van der Waals surface area contributed by atoms with E-state index in [1.165, 1.54) is 6.07 Å². The number of allylic oxidation sites excluding steroid dienone is 1. The van der Waals surface area contributed by atoms with Crippen molar-refractivity contribution >= 4 is 10.0 Å². The topological polar surface area (TPSA) is 71.3 Å². The molecule has 1 unspecified atom stereocenters. The Labute approximate surface area is 126 Å². The normalized spacial score (nSPS) is 19.3. The Morgan fingerprint density at radius 1 is 1.33 bits per heavy atom. The zero-order valence-electron chi connectivity index (χ0n) is 12.6. The van der Waals surface area contributed by atoms with Gasteiger partial charge in [-0.05, 0) is 43.9 Å². The van der Waals surface area contributed by atoms with Gasteiger partial charge < -0.3 is 9.73 Å². The van der Waals surface area contributed by atoms with E-state index in [-0.39, 0.29) is 11.1 Å². The molecule has 2 rings (SSSR count). The maximum atomic E-state index is 12.2. The first-order valence-corrected chi connectivity index (χ1v) is 8.92. The molecule has 1 aliphatic carbocycles. The fraction of sp³-hybridized carbons (Fsp3) is 0.600. The highest BCUT2D eigenvalue weighted by Gasteiger charge is 2.23. The molecule has 1 aliphatic rings. The van der Waals surface area contributed by atoms with E-state index < -0.39 is 10.0 Å². The van der Waals surface area contributed by atoms with Crippen molar-refractivity contribution in [3.63, 3.8) is 0 Å². The lowest BCUT2D eigenvalue weighted by atomic mass is 10.0. The van der Waals surface area contributed by atoms with Gasteiger partial charge in [0, 0.05) is 6.04 Å². The van der Waals surface area contributed by atoms with Crippen LogP contribution in [0.3, 0.4) is 0 Å². The van der Waals surface area contributed by atoms with Gasteiger partial charge in [-0.1, -0.05) is 26.0 Å². The zero-order chi connectivity index (χ0) is 15.3. The standard InChI is InChI=1S/C15H24N2O3S/c1-12(2)10-16-11-14-8-9-15(20-14)21(18,19)17-13-6-4-3-5-7-13/h3-4,8-9,12-13,16-17H,5-7,10-11H2,1-2H3. The summed E-state index contributed by atoms with van der Waals surface area (Å²) in [4.78, 5) is 0. The zero-order valence-corrected chi connectivity index (χ0v) is 13.4. The van der Waals surface area contributed by atoms with Gasteiger partial charge in [0.15, 0.2) is 0 Å². The molecule has 0 saturated carbocycles. The van der Waals surface area contributed by atoms with E-state index in [4.69, 9.17) is 4.42 Å². The molecule has 0 spiro atoms. The summed E-state index contributed by atoms with van der Waals surface area (Å²) in [6.07, 6.45) is 6.58. The van der Waals surface area contributed by atoms with Crippen LogP contribution in [-0.2, 0) is 16.6 Å². The van der Waals surface area contributed by atoms with E-state index in [0.717, 1.165) is 25.8 Å². The van der Waals surface area contributed by atoms with Gasteiger partial charge in [0.2, 0.25) is 5.09 Å². The number of nitrogens with one attached hydrogen (secondary N) is 2. The minimum absolute atomic E-state index is 0.00148. The predicted molar refractivity (Wildman–Crippen MR) is 82.4 cm³/mol. The van der Waals surface area contributed by atoms with Crippen molar-refractivity contribution in [1.29, 1.82) is 0 Å². The van der Waals surface area contributed by atoms with Crippen LogP contribution in [0.15, 0.2) is 33.8 Å². The van der Waals surface area contributed by atoms with Crippen LogP contribution in [0.25, 0.3) is 0 Å². The van der Waals surface area contributed by atoms with Crippen molar-refractivity contribution < 1.29 is 12.8 Å². The van der Waals surface area contributed by atoms with Crippen LogP contribution in [-0.4, -0.2) is 21.0 Å². The Morgan fingerprint density at radius 2 is 2.14 bits per heavy atom. The van der Waals surface area contributed by atoms with E-state index in [2.05, 4.69) is 30.0 Å². The first kappa shape index (κ1) is 16.3. The number of hydrogen-bond acceptors (Lipinski definition) is 4. The monoisotopic (exact) mass is 312 g/mol. The van der Waals surface area contributed by atoms with Gasteiger partial charge in [0.05, 0.1) is 6.54 Å². The van der Waals surface area contributed by atoms with Crippen molar-refractivity contribution in [2.45, 2.75) is 50.8 Å². The highest BCUT2D eigenvalue weighted by molar-refractivity contribution is 7.89. The molecule has 1 heterocycles. The smallest absolute Gasteiger partial charge is 0.274 e. The predicted octanol–water partition coefficient (Wildman–Crippen LogP) is 2.41. The molecule has 5 nitrogen and oxygen atoms in total. The molecule has 0 aromatic carbocycles. The molecule has 0 saturated heterocycles. The van der Waals surface area contributed by atoms with Crippen LogP contribution in [0.4, 0.5) is 0 Å². The minimum Gasteiger partial charge on any atom is -0.447 e. The molecule has 2 N–H and O–H groups in total. The average Bonchev–Trinajstić information content (AvgIpc) is 2.88. The van der Waals surface area contributed by atoms with Crippen molar-refractivity contribution in [2.24, 2.45) is 5.92 Å². The molecule has 21 heavy (non-hydrogen) atoms. The van der Waals surface area contributed by atoms with Gasteiger partial charge in [-0.15, -0.1) is 0 Å². The minimum atomic E-state index is -3.56. The summed E-state index contributed by atoms with van der Waals surface area (Å²) in [5.74, 6) is 1.18. The van der Waals surface area contributed by atoms with Crippen LogP contribution >= 0.6 is 0 Å². The van der Waals surface area contributed by atoms with Gasteiger partial charge in [0.1, 0.15) is 5.76 Å². The van der Waals surface area contributed by atoms with Gasteiger partial charge in [0.25, 0.3) is 10.0 Å².